The molecule has 0 amide bonds. The Balaban J connectivity index is 4.63. The standard InChI is InChI=1S/C16H38O2S4Si2/c1-9-15(23(11-3,12-4)17-7)19-21-22-20-16(10-2)24(13-5,14-6)18-8/h15-16H,9-14H2,1-8H3. The Morgan fingerprint density at radius 3 is 1.08 bits per heavy atom. The second kappa shape index (κ2) is 13.9. The van der Waals surface area contributed by atoms with Crippen molar-refractivity contribution in [2.75, 3.05) is 14.2 Å². The average molecular weight is 447 g/mol. The molecule has 0 heterocycles. The zero-order valence-corrected chi connectivity index (χ0v) is 22.1. The molecule has 0 spiro atoms. The molecule has 0 saturated heterocycles. The van der Waals surface area contributed by atoms with Crippen LogP contribution in [0, 0.1) is 0 Å². The highest BCUT2D eigenvalue weighted by atomic mass is 33.7. The third-order valence-corrected chi connectivity index (χ3v) is 26.1. The minimum absolute atomic E-state index is 0.678. The Morgan fingerprint density at radius 1 is 0.625 bits per heavy atom. The molecule has 0 saturated carbocycles. The maximum absolute atomic E-state index is 6.07. The van der Waals surface area contributed by atoms with Crippen molar-refractivity contribution >= 4 is 57.9 Å². The van der Waals surface area contributed by atoms with Crippen molar-refractivity contribution in [3.05, 3.63) is 0 Å². The van der Waals surface area contributed by atoms with Crippen molar-refractivity contribution in [3.8, 4) is 0 Å². The van der Waals surface area contributed by atoms with E-state index in [1.807, 2.05) is 33.9 Å². The second-order valence-corrected chi connectivity index (χ2v) is 22.4. The minimum Gasteiger partial charge on any atom is -0.419 e. The molecule has 0 radical (unpaired) electrons. The van der Waals surface area contributed by atoms with E-state index in [1.165, 1.54) is 37.0 Å². The Kier molecular flexibility index (Phi) is 14.9. The molecule has 0 fully saturated rings. The molecule has 146 valence electrons. The van der Waals surface area contributed by atoms with Crippen LogP contribution in [-0.2, 0) is 8.85 Å². The van der Waals surface area contributed by atoms with Gasteiger partial charge in [0, 0.05) is 24.0 Å². The summed E-state index contributed by atoms with van der Waals surface area (Å²) in [6.45, 7) is 13.9. The van der Waals surface area contributed by atoms with Gasteiger partial charge in [0.25, 0.3) is 0 Å². The first-order valence-corrected chi connectivity index (χ1v) is 19.0. The van der Waals surface area contributed by atoms with Gasteiger partial charge in [0.2, 0.25) is 16.6 Å². The van der Waals surface area contributed by atoms with Crippen LogP contribution < -0.4 is 0 Å². The topological polar surface area (TPSA) is 18.5 Å². The molecule has 0 aliphatic carbocycles. The van der Waals surface area contributed by atoms with Crippen molar-refractivity contribution in [1.29, 1.82) is 0 Å². The molecule has 0 aliphatic heterocycles. The summed E-state index contributed by atoms with van der Waals surface area (Å²) in [6, 6.07) is 4.86. The predicted molar refractivity (Wildman–Crippen MR) is 126 cm³/mol. The quantitative estimate of drug-likeness (QED) is 0.146. The van der Waals surface area contributed by atoms with Crippen molar-refractivity contribution in [3.63, 3.8) is 0 Å². The molecule has 0 aromatic rings. The molecule has 0 aromatic heterocycles. The highest BCUT2D eigenvalue weighted by molar-refractivity contribution is 9.26. The van der Waals surface area contributed by atoms with Crippen LogP contribution in [0.4, 0.5) is 0 Å². The van der Waals surface area contributed by atoms with Gasteiger partial charge in [0.15, 0.2) is 0 Å². The monoisotopic (exact) mass is 446 g/mol. The average Bonchev–Trinajstić information content (AvgIpc) is 2.64. The van der Waals surface area contributed by atoms with Gasteiger partial charge in [0.1, 0.15) is 0 Å². The summed E-state index contributed by atoms with van der Waals surface area (Å²) < 4.78 is 12.1. The third kappa shape index (κ3) is 6.73. The molecule has 0 N–H and O–H groups in total. The summed E-state index contributed by atoms with van der Waals surface area (Å²) in [7, 11) is 8.75. The number of rotatable bonds is 15. The lowest BCUT2D eigenvalue weighted by atomic mass is 10.6. The normalized spacial score (nSPS) is 15.5. The van der Waals surface area contributed by atoms with E-state index in [2.05, 4.69) is 63.1 Å². The fourth-order valence-electron chi connectivity index (χ4n) is 3.43. The molecule has 2 nitrogen and oxygen atoms in total. The van der Waals surface area contributed by atoms with E-state index in [4.69, 9.17) is 8.85 Å². The summed E-state index contributed by atoms with van der Waals surface area (Å²) in [5.41, 5.74) is 0. The van der Waals surface area contributed by atoms with Gasteiger partial charge in [-0.25, -0.2) is 0 Å². The molecular formula is C16H38O2S4Si2. The third-order valence-electron chi connectivity index (χ3n) is 5.46. The molecule has 24 heavy (non-hydrogen) atoms. The second-order valence-electron chi connectivity index (χ2n) is 6.07. The summed E-state index contributed by atoms with van der Waals surface area (Å²) in [5.74, 6) is 0. The van der Waals surface area contributed by atoms with Gasteiger partial charge in [-0.1, -0.05) is 63.1 Å². The predicted octanol–water partition coefficient (Wildman–Crippen LogP) is 7.56. The fraction of sp³-hybridized carbons (Fsp3) is 1.00. The number of hydrogen-bond donors (Lipinski definition) is 0. The highest BCUT2D eigenvalue weighted by Crippen LogP contribution is 2.51. The Hall–Kier alpha value is 1.75. The van der Waals surface area contributed by atoms with Crippen LogP contribution in [0.1, 0.15) is 54.4 Å². The van der Waals surface area contributed by atoms with Gasteiger partial charge in [-0.3, -0.25) is 0 Å². The number of hydrogen-bond acceptors (Lipinski definition) is 6. The molecule has 8 heteroatoms. The molecule has 2 unspecified atom stereocenters. The Labute approximate surface area is 168 Å². The van der Waals surface area contributed by atoms with Crippen molar-refractivity contribution in [1.82, 2.24) is 0 Å². The maximum Gasteiger partial charge on any atom is 0.205 e. The molecule has 0 aliphatic rings. The lowest BCUT2D eigenvalue weighted by Gasteiger charge is -2.35. The minimum atomic E-state index is -1.59. The van der Waals surface area contributed by atoms with E-state index in [0.29, 0.717) is 9.75 Å². The van der Waals surface area contributed by atoms with Gasteiger partial charge in [-0.2, -0.15) is 0 Å². The van der Waals surface area contributed by atoms with Crippen LogP contribution in [0.15, 0.2) is 0 Å². The van der Waals surface area contributed by atoms with Crippen LogP contribution in [0.25, 0.3) is 0 Å². The van der Waals surface area contributed by atoms with E-state index >= 15 is 0 Å². The molecule has 0 bridgehead atoms. The van der Waals surface area contributed by atoms with Gasteiger partial charge in [-0.05, 0) is 56.7 Å². The first-order valence-electron chi connectivity index (χ1n) is 9.25. The zero-order valence-electron chi connectivity index (χ0n) is 16.8. The smallest absolute Gasteiger partial charge is 0.205 e. The van der Waals surface area contributed by atoms with Crippen LogP contribution in [0.2, 0.25) is 24.2 Å². The lowest BCUT2D eigenvalue weighted by molar-refractivity contribution is 0.388. The largest absolute Gasteiger partial charge is 0.419 e. The molecule has 0 rings (SSSR count). The van der Waals surface area contributed by atoms with Gasteiger partial charge in [-0.15, -0.1) is 0 Å². The first kappa shape index (κ1) is 25.8. The zero-order chi connectivity index (χ0) is 18.6. The maximum atomic E-state index is 6.07. The van der Waals surface area contributed by atoms with Gasteiger partial charge in [0.05, 0.1) is 0 Å². The van der Waals surface area contributed by atoms with E-state index in [-0.39, 0.29) is 0 Å². The van der Waals surface area contributed by atoms with Crippen LogP contribution in [0.3, 0.4) is 0 Å². The van der Waals surface area contributed by atoms with E-state index < -0.39 is 16.6 Å². The van der Waals surface area contributed by atoms with Gasteiger partial charge >= 0.3 is 0 Å². The summed E-state index contributed by atoms with van der Waals surface area (Å²) in [4.78, 5) is 1.36. The first-order chi connectivity index (χ1) is 11.5. The highest BCUT2D eigenvalue weighted by Gasteiger charge is 2.40. The van der Waals surface area contributed by atoms with E-state index in [0.717, 1.165) is 0 Å². The Bertz CT molecular complexity index is 270. The fourth-order valence-corrected chi connectivity index (χ4v) is 24.8. The summed E-state index contributed by atoms with van der Waals surface area (Å²) in [6.07, 6.45) is 2.42. The van der Waals surface area contributed by atoms with Crippen LogP contribution in [0.5, 0.6) is 0 Å². The van der Waals surface area contributed by atoms with Crippen LogP contribution >= 0.6 is 41.2 Å². The Morgan fingerprint density at radius 2 is 0.917 bits per heavy atom. The lowest BCUT2D eigenvalue weighted by Crippen LogP contribution is -2.46. The van der Waals surface area contributed by atoms with Crippen LogP contribution in [-0.4, -0.2) is 40.6 Å². The molecular weight excluding hydrogens is 409 g/mol. The molecule has 0 aromatic carbocycles. The van der Waals surface area contributed by atoms with Crippen molar-refractivity contribution in [2.24, 2.45) is 0 Å². The summed E-state index contributed by atoms with van der Waals surface area (Å²) in [5, 5.41) is 0. The van der Waals surface area contributed by atoms with Gasteiger partial charge < -0.3 is 8.85 Å². The summed E-state index contributed by atoms with van der Waals surface area (Å²) >= 11 is 0. The molecule has 2 atom stereocenters. The van der Waals surface area contributed by atoms with E-state index in [1.54, 1.807) is 0 Å². The van der Waals surface area contributed by atoms with Crippen molar-refractivity contribution in [2.45, 2.75) is 88.3 Å². The SMILES string of the molecule is CCC(SSSSC(CC)[Si](CC)(CC)OC)[Si](CC)(CC)OC. The van der Waals surface area contributed by atoms with E-state index in [9.17, 15) is 0 Å². The van der Waals surface area contributed by atoms with Crippen molar-refractivity contribution < 1.29 is 8.85 Å².